The molecule has 0 spiro atoms. The van der Waals surface area contributed by atoms with Gasteiger partial charge in [-0.15, -0.1) is 0 Å². The summed E-state index contributed by atoms with van der Waals surface area (Å²) in [6, 6.07) is 0.514. The Morgan fingerprint density at radius 3 is 2.79 bits per heavy atom. The van der Waals surface area contributed by atoms with Crippen LogP contribution in [0.5, 0.6) is 0 Å². The molecule has 0 aromatic heterocycles. The van der Waals surface area contributed by atoms with Crippen LogP contribution in [0.2, 0.25) is 0 Å². The van der Waals surface area contributed by atoms with Gasteiger partial charge in [0.1, 0.15) is 5.71 Å². The Morgan fingerprint density at radius 1 is 1.47 bits per heavy atom. The topological polar surface area (TPSA) is 73.8 Å². The number of nitrogens with zero attached hydrogens (tertiary/aromatic N) is 2. The van der Waals surface area contributed by atoms with Gasteiger partial charge in [0, 0.05) is 31.5 Å². The van der Waals surface area contributed by atoms with E-state index in [0.717, 1.165) is 13.0 Å². The van der Waals surface area contributed by atoms with Crippen molar-refractivity contribution in [1.29, 1.82) is 0 Å². The van der Waals surface area contributed by atoms with Crippen molar-refractivity contribution in [2.75, 3.05) is 13.1 Å². The van der Waals surface area contributed by atoms with Crippen molar-refractivity contribution in [2.45, 2.75) is 51.6 Å². The predicted octanol–water partition coefficient (Wildman–Crippen LogP) is 0.241. The van der Waals surface area contributed by atoms with E-state index in [1.807, 2.05) is 18.7 Å². The summed E-state index contributed by atoms with van der Waals surface area (Å²) >= 11 is 0. The van der Waals surface area contributed by atoms with Crippen molar-refractivity contribution in [2.24, 2.45) is 5.10 Å². The lowest BCUT2D eigenvalue weighted by Gasteiger charge is -2.30. The molecule has 1 atom stereocenters. The summed E-state index contributed by atoms with van der Waals surface area (Å²) in [6.07, 6.45) is 3.06. The first-order chi connectivity index (χ1) is 9.08. The predicted molar refractivity (Wildman–Crippen MR) is 72.7 cm³/mol. The van der Waals surface area contributed by atoms with E-state index in [0.29, 0.717) is 31.1 Å². The second-order valence-electron chi connectivity index (χ2n) is 5.44. The average Bonchev–Trinajstić information content (AvgIpc) is 2.88. The van der Waals surface area contributed by atoms with Crippen LogP contribution in [0.3, 0.4) is 0 Å². The van der Waals surface area contributed by atoms with Crippen LogP contribution in [0.4, 0.5) is 0 Å². The molecule has 1 fully saturated rings. The maximum absolute atomic E-state index is 12.5. The molecule has 106 valence electrons. The Bertz CT molecular complexity index is 386. The summed E-state index contributed by atoms with van der Waals surface area (Å²) in [5.74, 6) is -0.172. The summed E-state index contributed by atoms with van der Waals surface area (Å²) in [7, 11) is 0. The smallest absolute Gasteiger partial charge is 0.270 e. The lowest BCUT2D eigenvalue weighted by molar-refractivity contribution is -0.126. The van der Waals surface area contributed by atoms with Crippen molar-refractivity contribution in [3.05, 3.63) is 0 Å². The molecule has 2 rings (SSSR count). The number of nitrogens with one attached hydrogen (secondary N) is 2. The van der Waals surface area contributed by atoms with E-state index < -0.39 is 0 Å². The third-order valence-corrected chi connectivity index (χ3v) is 3.61. The molecular weight excluding hydrogens is 244 g/mol. The van der Waals surface area contributed by atoms with Gasteiger partial charge in [-0.05, 0) is 33.2 Å². The first-order valence-electron chi connectivity index (χ1n) is 6.97. The van der Waals surface area contributed by atoms with Crippen molar-refractivity contribution >= 4 is 17.5 Å². The number of carbonyl (C=O) groups is 2. The SMILES string of the molecule is CC(C)N(CC1CCCN1)C(=O)C1=NNC(=O)CC1. The van der Waals surface area contributed by atoms with E-state index in [2.05, 4.69) is 15.8 Å². The number of rotatable bonds is 4. The van der Waals surface area contributed by atoms with Gasteiger partial charge >= 0.3 is 0 Å². The lowest BCUT2D eigenvalue weighted by atomic mass is 10.1. The number of carbonyl (C=O) groups excluding carboxylic acids is 2. The van der Waals surface area contributed by atoms with E-state index in [1.54, 1.807) is 0 Å². The summed E-state index contributed by atoms with van der Waals surface area (Å²) < 4.78 is 0. The molecule has 0 aliphatic carbocycles. The minimum atomic E-state index is -0.120. The number of hydrazone groups is 1. The average molecular weight is 266 g/mol. The fraction of sp³-hybridized carbons (Fsp3) is 0.769. The first kappa shape index (κ1) is 14.0. The Balaban J connectivity index is 2.01. The van der Waals surface area contributed by atoms with E-state index in [9.17, 15) is 9.59 Å². The molecule has 0 aromatic rings. The maximum atomic E-state index is 12.5. The van der Waals surface area contributed by atoms with Crippen molar-refractivity contribution < 1.29 is 9.59 Å². The van der Waals surface area contributed by atoms with Gasteiger partial charge in [-0.1, -0.05) is 0 Å². The molecule has 19 heavy (non-hydrogen) atoms. The minimum absolute atomic E-state index is 0.0521. The van der Waals surface area contributed by atoms with Gasteiger partial charge in [0.05, 0.1) is 0 Å². The van der Waals surface area contributed by atoms with Gasteiger partial charge < -0.3 is 10.2 Å². The molecule has 2 N–H and O–H groups in total. The Kier molecular flexibility index (Phi) is 4.52. The number of hydrogen-bond donors (Lipinski definition) is 2. The number of hydrogen-bond acceptors (Lipinski definition) is 4. The van der Waals surface area contributed by atoms with E-state index in [4.69, 9.17) is 0 Å². The maximum Gasteiger partial charge on any atom is 0.270 e. The van der Waals surface area contributed by atoms with Gasteiger partial charge in [-0.3, -0.25) is 9.59 Å². The molecule has 0 aromatic carbocycles. The van der Waals surface area contributed by atoms with E-state index in [-0.39, 0.29) is 17.9 Å². The molecular formula is C13H22N4O2. The molecule has 6 heteroatoms. The van der Waals surface area contributed by atoms with Crippen LogP contribution in [-0.2, 0) is 9.59 Å². The highest BCUT2D eigenvalue weighted by Crippen LogP contribution is 2.12. The molecule has 2 aliphatic heterocycles. The van der Waals surface area contributed by atoms with Gasteiger partial charge in [0.15, 0.2) is 0 Å². The summed E-state index contributed by atoms with van der Waals surface area (Å²) in [5, 5.41) is 7.30. The Labute approximate surface area is 113 Å². The van der Waals surface area contributed by atoms with Crippen molar-refractivity contribution in [1.82, 2.24) is 15.6 Å². The van der Waals surface area contributed by atoms with Crippen LogP contribution in [-0.4, -0.2) is 47.6 Å². The van der Waals surface area contributed by atoms with Crippen LogP contribution in [0.15, 0.2) is 5.10 Å². The van der Waals surface area contributed by atoms with Crippen molar-refractivity contribution in [3.8, 4) is 0 Å². The first-order valence-corrected chi connectivity index (χ1v) is 6.97. The standard InChI is InChI=1S/C13H22N4O2/c1-9(2)17(8-10-4-3-7-14-10)13(19)11-5-6-12(18)16-15-11/h9-10,14H,3-8H2,1-2H3,(H,16,18). The number of amides is 2. The molecule has 2 amide bonds. The van der Waals surface area contributed by atoms with Crippen LogP contribution in [0, 0.1) is 0 Å². The van der Waals surface area contributed by atoms with Gasteiger partial charge in [0.2, 0.25) is 5.91 Å². The molecule has 1 unspecified atom stereocenters. The van der Waals surface area contributed by atoms with E-state index >= 15 is 0 Å². The second kappa shape index (κ2) is 6.14. The largest absolute Gasteiger partial charge is 0.334 e. The Hall–Kier alpha value is -1.43. The van der Waals surface area contributed by atoms with Crippen molar-refractivity contribution in [3.63, 3.8) is 0 Å². The summed E-state index contributed by atoms with van der Waals surface area (Å²) in [4.78, 5) is 25.4. The molecule has 2 heterocycles. The molecule has 0 radical (unpaired) electrons. The fourth-order valence-electron chi connectivity index (χ4n) is 2.47. The fourth-order valence-corrected chi connectivity index (χ4v) is 2.47. The highest BCUT2D eigenvalue weighted by Gasteiger charge is 2.28. The quantitative estimate of drug-likeness (QED) is 0.765. The molecule has 0 bridgehead atoms. The van der Waals surface area contributed by atoms with Crippen LogP contribution in [0.1, 0.15) is 39.5 Å². The zero-order valence-corrected chi connectivity index (χ0v) is 11.6. The monoisotopic (exact) mass is 266 g/mol. The highest BCUT2D eigenvalue weighted by atomic mass is 16.2. The second-order valence-corrected chi connectivity index (χ2v) is 5.44. The zero-order chi connectivity index (χ0) is 13.8. The molecule has 2 aliphatic rings. The van der Waals surface area contributed by atoms with E-state index in [1.165, 1.54) is 6.42 Å². The molecule has 1 saturated heterocycles. The lowest BCUT2D eigenvalue weighted by Crippen LogP contribution is -2.48. The molecule has 6 nitrogen and oxygen atoms in total. The van der Waals surface area contributed by atoms with Gasteiger partial charge in [-0.25, -0.2) is 5.43 Å². The summed E-state index contributed by atoms with van der Waals surface area (Å²) in [5.41, 5.74) is 2.85. The summed E-state index contributed by atoms with van der Waals surface area (Å²) in [6.45, 7) is 5.76. The third-order valence-electron chi connectivity index (χ3n) is 3.61. The van der Waals surface area contributed by atoms with Gasteiger partial charge in [0.25, 0.3) is 5.91 Å². The van der Waals surface area contributed by atoms with Gasteiger partial charge in [-0.2, -0.15) is 5.10 Å². The minimum Gasteiger partial charge on any atom is -0.334 e. The Morgan fingerprint density at radius 2 is 2.26 bits per heavy atom. The van der Waals surface area contributed by atoms with Crippen LogP contribution >= 0.6 is 0 Å². The highest BCUT2D eigenvalue weighted by molar-refractivity contribution is 6.39. The normalized spacial score (nSPS) is 23.2. The zero-order valence-electron chi connectivity index (χ0n) is 11.6. The van der Waals surface area contributed by atoms with Crippen LogP contribution in [0.25, 0.3) is 0 Å². The third kappa shape index (κ3) is 3.53. The van der Waals surface area contributed by atoms with Crippen LogP contribution < -0.4 is 10.7 Å². The molecule has 0 saturated carbocycles.